The van der Waals surface area contributed by atoms with E-state index in [1.54, 1.807) is 11.9 Å². The molecule has 2 aliphatic rings. The third-order valence-corrected chi connectivity index (χ3v) is 5.46. The second kappa shape index (κ2) is 9.18. The van der Waals surface area contributed by atoms with Crippen molar-refractivity contribution in [2.45, 2.75) is 39.3 Å². The molecule has 2 unspecified atom stereocenters. The van der Waals surface area contributed by atoms with E-state index >= 15 is 0 Å². The van der Waals surface area contributed by atoms with Crippen molar-refractivity contribution >= 4 is 23.4 Å². The molecular formula is C22H28N6O3. The van der Waals surface area contributed by atoms with Gasteiger partial charge in [0, 0.05) is 32.7 Å². The minimum atomic E-state index is -0.280. The number of likely N-dealkylation sites (N-methyl/N-ethyl adjacent to an activating group) is 1. The summed E-state index contributed by atoms with van der Waals surface area (Å²) < 4.78 is 0. The van der Waals surface area contributed by atoms with Gasteiger partial charge >= 0.3 is 0 Å². The van der Waals surface area contributed by atoms with Crippen LogP contribution in [0, 0.1) is 18.3 Å². The maximum Gasteiger partial charge on any atom is 0.271 e. The Balaban J connectivity index is 1.80. The summed E-state index contributed by atoms with van der Waals surface area (Å²) in [6.07, 6.45) is 2.09. The summed E-state index contributed by atoms with van der Waals surface area (Å²) >= 11 is 0. The quantitative estimate of drug-likeness (QED) is 0.713. The summed E-state index contributed by atoms with van der Waals surface area (Å²) in [7, 11) is 1.64. The number of hydrogen-bond acceptors (Lipinski definition) is 6. The molecule has 3 amide bonds. The summed E-state index contributed by atoms with van der Waals surface area (Å²) in [6.45, 7) is 6.11. The van der Waals surface area contributed by atoms with Crippen LogP contribution < -0.4 is 10.7 Å². The number of aryl methyl sites for hydroxylation is 1. The molecule has 2 atom stereocenters. The Kier molecular flexibility index (Phi) is 6.61. The maximum absolute atomic E-state index is 13.1. The highest BCUT2D eigenvalue weighted by molar-refractivity contribution is 5.97. The van der Waals surface area contributed by atoms with E-state index in [1.807, 2.05) is 49.2 Å². The predicted molar refractivity (Wildman–Crippen MR) is 115 cm³/mol. The van der Waals surface area contributed by atoms with Gasteiger partial charge in [-0.15, -0.1) is 0 Å². The van der Waals surface area contributed by atoms with Crippen LogP contribution in [0.2, 0.25) is 0 Å². The Hall–Kier alpha value is -3.38. The fourth-order valence-electron chi connectivity index (χ4n) is 3.84. The summed E-state index contributed by atoms with van der Waals surface area (Å²) in [5.41, 5.74) is 6.43. The molecule has 0 spiro atoms. The van der Waals surface area contributed by atoms with Gasteiger partial charge in [-0.2, -0.15) is 5.26 Å². The number of fused-ring (bicyclic) bond motifs is 1. The lowest BCUT2D eigenvalue weighted by Gasteiger charge is -2.40. The Morgan fingerprint density at radius 3 is 2.81 bits per heavy atom. The number of amides is 3. The predicted octanol–water partition coefficient (Wildman–Crippen LogP) is 1.30. The van der Waals surface area contributed by atoms with Gasteiger partial charge in [0.15, 0.2) is 0 Å². The van der Waals surface area contributed by atoms with Crippen LogP contribution in [-0.4, -0.2) is 65.3 Å². The first-order valence-corrected chi connectivity index (χ1v) is 10.3. The molecule has 1 aromatic rings. The number of benzene rings is 1. The summed E-state index contributed by atoms with van der Waals surface area (Å²) in [5, 5.41) is 13.4. The Bertz CT molecular complexity index is 966. The van der Waals surface area contributed by atoms with E-state index < -0.39 is 0 Å². The van der Waals surface area contributed by atoms with Crippen LogP contribution in [0.5, 0.6) is 0 Å². The minimum Gasteiger partial charge on any atom is -0.343 e. The molecule has 2 heterocycles. The molecular weight excluding hydrogens is 396 g/mol. The third-order valence-electron chi connectivity index (χ3n) is 5.46. The lowest BCUT2D eigenvalue weighted by atomic mass is 10.0. The first-order chi connectivity index (χ1) is 14.7. The number of hydrazine groups is 1. The molecule has 0 radical (unpaired) electrons. The number of piperazine rings is 1. The molecule has 1 saturated heterocycles. The van der Waals surface area contributed by atoms with Crippen molar-refractivity contribution in [2.75, 3.05) is 32.0 Å². The molecule has 1 aromatic carbocycles. The lowest BCUT2D eigenvalue weighted by molar-refractivity contribution is -0.141. The first kappa shape index (κ1) is 22.3. The van der Waals surface area contributed by atoms with Crippen molar-refractivity contribution in [2.24, 2.45) is 0 Å². The van der Waals surface area contributed by atoms with Gasteiger partial charge in [-0.3, -0.25) is 19.4 Å². The number of nitriles is 1. The number of anilines is 1. The standard InChI is InChI=1S/C22H28N6O3/c1-14-6-7-17(18(10-14)24-16(3)29)19-11-20-22(31)27(12-15(2)28(20)25-19)13-21(30)26(4)9-5-8-23/h6-7,10-11,15,19,25H,5,9,12-13H2,1-4H3,(H,24,29). The topological polar surface area (TPSA) is 109 Å². The zero-order valence-electron chi connectivity index (χ0n) is 18.3. The zero-order chi connectivity index (χ0) is 22.7. The molecule has 3 rings (SSSR count). The van der Waals surface area contributed by atoms with Gasteiger partial charge in [0.05, 0.1) is 24.6 Å². The van der Waals surface area contributed by atoms with E-state index in [-0.39, 0.29) is 42.8 Å². The molecule has 0 aromatic heterocycles. The van der Waals surface area contributed by atoms with E-state index in [0.717, 1.165) is 11.1 Å². The fraction of sp³-hybridized carbons (Fsp3) is 0.455. The fourth-order valence-corrected chi connectivity index (χ4v) is 3.84. The number of nitrogens with zero attached hydrogens (tertiary/aromatic N) is 4. The van der Waals surface area contributed by atoms with Gasteiger partial charge in [-0.25, -0.2) is 5.43 Å². The van der Waals surface area contributed by atoms with Gasteiger partial charge in [0.1, 0.15) is 12.2 Å². The third kappa shape index (κ3) is 4.86. The van der Waals surface area contributed by atoms with Crippen LogP contribution in [0.3, 0.4) is 0 Å². The van der Waals surface area contributed by atoms with Crippen molar-refractivity contribution in [1.29, 1.82) is 5.26 Å². The Labute approximate surface area is 182 Å². The first-order valence-electron chi connectivity index (χ1n) is 10.3. The molecule has 0 aliphatic carbocycles. The van der Waals surface area contributed by atoms with Crippen molar-refractivity contribution < 1.29 is 14.4 Å². The van der Waals surface area contributed by atoms with Crippen molar-refractivity contribution in [3.63, 3.8) is 0 Å². The summed E-state index contributed by atoms with van der Waals surface area (Å²) in [4.78, 5) is 40.2. The highest BCUT2D eigenvalue weighted by Gasteiger charge is 2.40. The smallest absolute Gasteiger partial charge is 0.271 e. The van der Waals surface area contributed by atoms with Crippen molar-refractivity contribution in [3.8, 4) is 6.07 Å². The van der Waals surface area contributed by atoms with Gasteiger partial charge in [-0.1, -0.05) is 12.1 Å². The van der Waals surface area contributed by atoms with Gasteiger partial charge in [0.25, 0.3) is 5.91 Å². The van der Waals surface area contributed by atoms with E-state index in [9.17, 15) is 14.4 Å². The molecule has 2 aliphatic heterocycles. The van der Waals surface area contributed by atoms with Gasteiger partial charge in [-0.05, 0) is 37.1 Å². The van der Waals surface area contributed by atoms with Crippen molar-refractivity contribution in [3.05, 3.63) is 41.1 Å². The van der Waals surface area contributed by atoms with Gasteiger partial charge < -0.3 is 15.1 Å². The van der Waals surface area contributed by atoms with E-state index in [4.69, 9.17) is 5.26 Å². The SMILES string of the molecule is CC(=O)Nc1cc(C)ccc1C1C=C2C(=O)N(CC(=O)N(C)CCC#N)CC(C)N2N1. The highest BCUT2D eigenvalue weighted by atomic mass is 16.2. The maximum atomic E-state index is 13.1. The molecule has 1 fully saturated rings. The van der Waals surface area contributed by atoms with E-state index in [2.05, 4.69) is 10.7 Å². The Morgan fingerprint density at radius 2 is 2.13 bits per heavy atom. The average molecular weight is 425 g/mol. The molecule has 164 valence electrons. The average Bonchev–Trinajstić information content (AvgIpc) is 3.15. The molecule has 9 nitrogen and oxygen atoms in total. The number of carbonyl (C=O) groups excluding carboxylic acids is 3. The largest absolute Gasteiger partial charge is 0.343 e. The van der Waals surface area contributed by atoms with Gasteiger partial charge in [0.2, 0.25) is 11.8 Å². The van der Waals surface area contributed by atoms with Crippen LogP contribution in [-0.2, 0) is 14.4 Å². The van der Waals surface area contributed by atoms with Crippen LogP contribution in [0.15, 0.2) is 30.0 Å². The Morgan fingerprint density at radius 1 is 1.39 bits per heavy atom. The monoisotopic (exact) mass is 424 g/mol. The molecule has 2 N–H and O–H groups in total. The van der Waals surface area contributed by atoms with Crippen LogP contribution >= 0.6 is 0 Å². The molecule has 9 heteroatoms. The summed E-state index contributed by atoms with van der Waals surface area (Å²) in [6, 6.07) is 7.50. The molecule has 0 saturated carbocycles. The molecule has 0 bridgehead atoms. The minimum absolute atomic E-state index is 0.0252. The van der Waals surface area contributed by atoms with Crippen LogP contribution in [0.4, 0.5) is 5.69 Å². The normalized spacial score (nSPS) is 20.1. The highest BCUT2D eigenvalue weighted by Crippen LogP contribution is 2.34. The lowest BCUT2D eigenvalue weighted by Crippen LogP contribution is -2.57. The molecule has 31 heavy (non-hydrogen) atoms. The second-order valence-corrected chi connectivity index (χ2v) is 8.06. The van der Waals surface area contributed by atoms with E-state index in [1.165, 1.54) is 11.8 Å². The van der Waals surface area contributed by atoms with Crippen LogP contribution in [0.1, 0.15) is 37.4 Å². The van der Waals surface area contributed by atoms with E-state index in [0.29, 0.717) is 24.5 Å². The summed E-state index contributed by atoms with van der Waals surface area (Å²) in [5.74, 6) is -0.577. The van der Waals surface area contributed by atoms with Crippen LogP contribution in [0.25, 0.3) is 0 Å². The number of carbonyl (C=O) groups is 3. The number of rotatable bonds is 6. The van der Waals surface area contributed by atoms with Crippen molar-refractivity contribution in [1.82, 2.24) is 20.2 Å². The second-order valence-electron chi connectivity index (χ2n) is 8.06. The number of hydrogen-bond donors (Lipinski definition) is 2. The number of nitrogens with one attached hydrogen (secondary N) is 2. The zero-order valence-corrected chi connectivity index (χ0v) is 18.3.